The lowest BCUT2D eigenvalue weighted by Gasteiger charge is -2.24. The highest BCUT2D eigenvalue weighted by Gasteiger charge is 2.39. The number of hydrogen-bond acceptors (Lipinski definition) is 5. The molecule has 118 valence electrons. The molecule has 2 fully saturated rings. The third-order valence-corrected chi connectivity index (χ3v) is 3.66. The summed E-state index contributed by atoms with van der Waals surface area (Å²) in [6.45, 7) is 6.58. The quantitative estimate of drug-likeness (QED) is 0.744. The molecule has 2 aliphatic heterocycles. The van der Waals surface area contributed by atoms with Gasteiger partial charge in [0.15, 0.2) is 0 Å². The van der Waals surface area contributed by atoms with Gasteiger partial charge in [0.25, 0.3) is 0 Å². The van der Waals surface area contributed by atoms with E-state index in [0.717, 1.165) is 11.3 Å². The van der Waals surface area contributed by atoms with Crippen molar-refractivity contribution >= 4 is 17.9 Å². The van der Waals surface area contributed by atoms with Crippen LogP contribution in [0.5, 0.6) is 0 Å². The summed E-state index contributed by atoms with van der Waals surface area (Å²) in [7, 11) is 1.49. The van der Waals surface area contributed by atoms with Gasteiger partial charge in [-0.3, -0.25) is 14.5 Å². The Hall–Kier alpha value is -1.63. The zero-order chi connectivity index (χ0) is 15.8. The molecule has 0 aromatic rings. The van der Waals surface area contributed by atoms with E-state index in [9.17, 15) is 14.4 Å². The van der Waals surface area contributed by atoms with Crippen molar-refractivity contribution < 1.29 is 19.1 Å². The molecule has 2 atom stereocenters. The second-order valence-electron chi connectivity index (χ2n) is 6.63. The SMILES string of the molecule is CN1C(=O)CC(NC2CCN(C(=O)OC(C)(C)C)C2)C1=O. The van der Waals surface area contributed by atoms with Crippen molar-refractivity contribution in [2.24, 2.45) is 0 Å². The number of carbonyl (C=O) groups is 3. The van der Waals surface area contributed by atoms with Crippen LogP contribution >= 0.6 is 0 Å². The van der Waals surface area contributed by atoms with Crippen molar-refractivity contribution in [2.75, 3.05) is 20.1 Å². The van der Waals surface area contributed by atoms with Gasteiger partial charge in [0, 0.05) is 26.2 Å². The highest BCUT2D eigenvalue weighted by molar-refractivity contribution is 6.05. The average molecular weight is 297 g/mol. The lowest BCUT2D eigenvalue weighted by atomic mass is 10.2. The first-order chi connectivity index (χ1) is 9.67. The predicted octanol–water partition coefficient (Wildman–Crippen LogP) is 0.343. The van der Waals surface area contributed by atoms with Gasteiger partial charge in [0.05, 0.1) is 12.5 Å². The van der Waals surface area contributed by atoms with E-state index >= 15 is 0 Å². The topological polar surface area (TPSA) is 79.0 Å². The van der Waals surface area contributed by atoms with E-state index < -0.39 is 11.6 Å². The van der Waals surface area contributed by atoms with E-state index in [1.54, 1.807) is 4.90 Å². The Morgan fingerprint density at radius 1 is 1.33 bits per heavy atom. The molecule has 7 heteroatoms. The van der Waals surface area contributed by atoms with E-state index in [1.165, 1.54) is 7.05 Å². The number of ether oxygens (including phenoxy) is 1. The second-order valence-corrected chi connectivity index (χ2v) is 6.63. The molecule has 2 saturated heterocycles. The highest BCUT2D eigenvalue weighted by atomic mass is 16.6. The molecule has 2 rings (SSSR count). The van der Waals surface area contributed by atoms with Gasteiger partial charge in [-0.15, -0.1) is 0 Å². The number of rotatable bonds is 2. The van der Waals surface area contributed by atoms with Crippen molar-refractivity contribution in [2.45, 2.75) is 51.3 Å². The van der Waals surface area contributed by atoms with Crippen LogP contribution in [0.2, 0.25) is 0 Å². The first kappa shape index (κ1) is 15.8. The smallest absolute Gasteiger partial charge is 0.410 e. The second kappa shape index (κ2) is 5.63. The fraction of sp³-hybridized carbons (Fsp3) is 0.786. The van der Waals surface area contributed by atoms with Crippen LogP contribution in [0.4, 0.5) is 4.79 Å². The van der Waals surface area contributed by atoms with E-state index in [0.29, 0.717) is 13.1 Å². The van der Waals surface area contributed by atoms with Gasteiger partial charge in [0.1, 0.15) is 5.60 Å². The largest absolute Gasteiger partial charge is 0.444 e. The first-order valence-corrected chi connectivity index (χ1v) is 7.22. The highest BCUT2D eigenvalue weighted by Crippen LogP contribution is 2.18. The van der Waals surface area contributed by atoms with Crippen molar-refractivity contribution in [1.29, 1.82) is 0 Å². The van der Waals surface area contributed by atoms with Crippen LogP contribution in [0.1, 0.15) is 33.6 Å². The van der Waals surface area contributed by atoms with Gasteiger partial charge in [-0.05, 0) is 27.2 Å². The number of likely N-dealkylation sites (tertiary alicyclic amines) is 2. The molecular weight excluding hydrogens is 274 g/mol. The maximum absolute atomic E-state index is 12.0. The maximum atomic E-state index is 12.0. The number of nitrogens with zero attached hydrogens (tertiary/aromatic N) is 2. The zero-order valence-corrected chi connectivity index (χ0v) is 13.0. The monoisotopic (exact) mass is 297 g/mol. The summed E-state index contributed by atoms with van der Waals surface area (Å²) in [5.74, 6) is -0.366. The molecule has 0 aromatic heterocycles. The fourth-order valence-electron chi connectivity index (χ4n) is 2.56. The number of imide groups is 1. The number of hydrogen-bond donors (Lipinski definition) is 1. The van der Waals surface area contributed by atoms with E-state index in [-0.39, 0.29) is 30.4 Å². The van der Waals surface area contributed by atoms with E-state index in [4.69, 9.17) is 4.74 Å². The van der Waals surface area contributed by atoms with Crippen molar-refractivity contribution in [3.05, 3.63) is 0 Å². The van der Waals surface area contributed by atoms with Gasteiger partial charge in [-0.25, -0.2) is 4.79 Å². The Bertz CT molecular complexity index is 458. The number of likely N-dealkylation sites (N-methyl/N-ethyl adjacent to an activating group) is 1. The normalized spacial score (nSPS) is 26.7. The molecule has 21 heavy (non-hydrogen) atoms. The van der Waals surface area contributed by atoms with Gasteiger partial charge in [-0.1, -0.05) is 0 Å². The molecule has 0 aromatic carbocycles. The van der Waals surface area contributed by atoms with Crippen LogP contribution in [-0.2, 0) is 14.3 Å². The van der Waals surface area contributed by atoms with Crippen LogP contribution in [-0.4, -0.2) is 65.5 Å². The maximum Gasteiger partial charge on any atom is 0.410 e. The summed E-state index contributed by atoms with van der Waals surface area (Å²) in [6, 6.07) is -0.447. The van der Waals surface area contributed by atoms with Gasteiger partial charge in [0.2, 0.25) is 11.8 Å². The minimum atomic E-state index is -0.515. The lowest BCUT2D eigenvalue weighted by Crippen LogP contribution is -2.45. The fourth-order valence-corrected chi connectivity index (χ4v) is 2.56. The zero-order valence-electron chi connectivity index (χ0n) is 13.0. The van der Waals surface area contributed by atoms with Crippen LogP contribution in [0, 0.1) is 0 Å². The van der Waals surface area contributed by atoms with Crippen LogP contribution in [0.3, 0.4) is 0 Å². The first-order valence-electron chi connectivity index (χ1n) is 7.22. The summed E-state index contributed by atoms with van der Waals surface area (Å²) in [6.07, 6.45) is 0.608. The molecule has 0 spiro atoms. The Labute approximate surface area is 124 Å². The summed E-state index contributed by atoms with van der Waals surface area (Å²) in [5.41, 5.74) is -0.515. The molecule has 7 nitrogen and oxygen atoms in total. The molecule has 2 unspecified atom stereocenters. The third-order valence-electron chi connectivity index (χ3n) is 3.66. The minimum absolute atomic E-state index is 0.0192. The average Bonchev–Trinajstić information content (AvgIpc) is 2.90. The molecular formula is C14H23N3O4. The van der Waals surface area contributed by atoms with Crippen LogP contribution in [0.25, 0.3) is 0 Å². The van der Waals surface area contributed by atoms with Crippen molar-refractivity contribution in [3.63, 3.8) is 0 Å². The van der Waals surface area contributed by atoms with Crippen molar-refractivity contribution in [1.82, 2.24) is 15.1 Å². The standard InChI is InChI=1S/C14H23N3O4/c1-14(2,3)21-13(20)17-6-5-9(8-17)15-10-7-11(18)16(4)12(10)19/h9-10,15H,5-8H2,1-4H3. The predicted molar refractivity (Wildman–Crippen MR) is 75.5 cm³/mol. The summed E-state index contributed by atoms with van der Waals surface area (Å²) in [4.78, 5) is 38.1. The Morgan fingerprint density at radius 3 is 2.52 bits per heavy atom. The molecule has 1 N–H and O–H groups in total. The summed E-state index contributed by atoms with van der Waals surface area (Å²) in [5, 5.41) is 3.17. The van der Waals surface area contributed by atoms with Gasteiger partial charge in [-0.2, -0.15) is 0 Å². The number of nitrogens with one attached hydrogen (secondary N) is 1. The van der Waals surface area contributed by atoms with Gasteiger partial charge >= 0.3 is 6.09 Å². The number of amides is 3. The van der Waals surface area contributed by atoms with E-state index in [1.807, 2.05) is 20.8 Å². The van der Waals surface area contributed by atoms with Crippen molar-refractivity contribution in [3.8, 4) is 0 Å². The van der Waals surface area contributed by atoms with Crippen LogP contribution in [0.15, 0.2) is 0 Å². The summed E-state index contributed by atoms with van der Waals surface area (Å²) < 4.78 is 5.33. The Balaban J connectivity index is 1.85. The minimum Gasteiger partial charge on any atom is -0.444 e. The Kier molecular flexibility index (Phi) is 4.22. The molecule has 2 heterocycles. The molecule has 0 saturated carbocycles. The van der Waals surface area contributed by atoms with E-state index in [2.05, 4.69) is 5.32 Å². The molecule has 0 radical (unpaired) electrons. The molecule has 2 aliphatic rings. The van der Waals surface area contributed by atoms with Gasteiger partial charge < -0.3 is 15.0 Å². The Morgan fingerprint density at radius 2 is 2.00 bits per heavy atom. The third kappa shape index (κ3) is 3.72. The molecule has 3 amide bonds. The number of carbonyl (C=O) groups excluding carboxylic acids is 3. The summed E-state index contributed by atoms with van der Waals surface area (Å²) >= 11 is 0. The molecule has 0 bridgehead atoms. The lowest BCUT2D eigenvalue weighted by molar-refractivity contribution is -0.137. The van der Waals surface area contributed by atoms with Crippen LogP contribution < -0.4 is 5.32 Å². The molecule has 0 aliphatic carbocycles.